The molecule has 140 valence electrons. The van der Waals surface area contributed by atoms with E-state index in [1.807, 2.05) is 73.6 Å². The number of rotatable bonds is 6. The first kappa shape index (κ1) is 23.0. The SMILES string of the molecule is C=C(C)/C=C(\C(O)=C\CC(/C=C/C)=C(\O)C(=C)C(C)(C)C)C(C)(C)C. The highest BCUT2D eigenvalue weighted by atomic mass is 16.3. The lowest BCUT2D eigenvalue weighted by Crippen LogP contribution is -2.12. The molecule has 0 bridgehead atoms. The molecule has 0 saturated carbocycles. The van der Waals surface area contributed by atoms with Crippen LogP contribution in [-0.4, -0.2) is 10.2 Å². The van der Waals surface area contributed by atoms with Gasteiger partial charge in [0.25, 0.3) is 0 Å². The van der Waals surface area contributed by atoms with Gasteiger partial charge < -0.3 is 10.2 Å². The van der Waals surface area contributed by atoms with Crippen molar-refractivity contribution in [3.8, 4) is 0 Å². The van der Waals surface area contributed by atoms with Crippen LogP contribution < -0.4 is 0 Å². The minimum absolute atomic E-state index is 0.191. The second-order valence-corrected chi connectivity index (χ2v) is 8.55. The van der Waals surface area contributed by atoms with Crippen LogP contribution in [0.2, 0.25) is 0 Å². The number of hydrogen-bond donors (Lipinski definition) is 2. The molecule has 0 amide bonds. The lowest BCUT2D eigenvalue weighted by molar-refractivity contribution is 0.372. The van der Waals surface area contributed by atoms with Crippen LogP contribution in [0.15, 0.2) is 71.3 Å². The second kappa shape index (κ2) is 8.94. The Morgan fingerprint density at radius 2 is 1.48 bits per heavy atom. The van der Waals surface area contributed by atoms with Gasteiger partial charge in [-0.3, -0.25) is 0 Å². The van der Waals surface area contributed by atoms with E-state index in [4.69, 9.17) is 0 Å². The predicted octanol–water partition coefficient (Wildman–Crippen LogP) is 7.36. The summed E-state index contributed by atoms with van der Waals surface area (Å²) in [6, 6.07) is 0. The molecule has 0 fully saturated rings. The minimum Gasteiger partial charge on any atom is -0.508 e. The van der Waals surface area contributed by atoms with Gasteiger partial charge in [0, 0.05) is 0 Å². The Hall–Kier alpha value is -1.96. The van der Waals surface area contributed by atoms with Crippen molar-refractivity contribution < 1.29 is 10.2 Å². The fourth-order valence-corrected chi connectivity index (χ4v) is 2.23. The normalized spacial score (nSPS) is 15.4. The van der Waals surface area contributed by atoms with E-state index in [1.165, 1.54) is 0 Å². The van der Waals surface area contributed by atoms with Gasteiger partial charge in [0.1, 0.15) is 11.5 Å². The highest BCUT2D eigenvalue weighted by Crippen LogP contribution is 2.33. The van der Waals surface area contributed by atoms with Gasteiger partial charge in [-0.1, -0.05) is 78.5 Å². The Labute approximate surface area is 154 Å². The van der Waals surface area contributed by atoms with Gasteiger partial charge in [-0.2, -0.15) is 0 Å². The van der Waals surface area contributed by atoms with Crippen LogP contribution in [0.5, 0.6) is 0 Å². The van der Waals surface area contributed by atoms with Crippen LogP contribution >= 0.6 is 0 Å². The molecule has 0 heterocycles. The zero-order valence-electron chi connectivity index (χ0n) is 17.3. The summed E-state index contributed by atoms with van der Waals surface area (Å²) < 4.78 is 0. The van der Waals surface area contributed by atoms with Crippen LogP contribution in [0.4, 0.5) is 0 Å². The van der Waals surface area contributed by atoms with Crippen LogP contribution in [-0.2, 0) is 0 Å². The van der Waals surface area contributed by atoms with E-state index in [1.54, 1.807) is 6.08 Å². The molecule has 0 aliphatic rings. The van der Waals surface area contributed by atoms with E-state index >= 15 is 0 Å². The predicted molar refractivity (Wildman–Crippen MR) is 111 cm³/mol. The van der Waals surface area contributed by atoms with Gasteiger partial charge in [-0.15, -0.1) is 0 Å². The zero-order valence-corrected chi connectivity index (χ0v) is 17.3. The molecule has 0 aliphatic heterocycles. The molecule has 2 N–H and O–H groups in total. The monoisotopic (exact) mass is 344 g/mol. The Morgan fingerprint density at radius 1 is 0.960 bits per heavy atom. The maximum absolute atomic E-state index is 10.6. The van der Waals surface area contributed by atoms with Crippen molar-refractivity contribution >= 4 is 0 Å². The third-order valence-electron chi connectivity index (χ3n) is 3.85. The zero-order chi connectivity index (χ0) is 20.0. The molecule has 0 aromatic carbocycles. The fraction of sp³-hybridized carbons (Fsp3) is 0.478. The average molecular weight is 345 g/mol. The Balaban J connectivity index is 5.87. The molecule has 0 atom stereocenters. The van der Waals surface area contributed by atoms with Crippen molar-refractivity contribution in [2.45, 2.75) is 61.8 Å². The van der Waals surface area contributed by atoms with Crippen molar-refractivity contribution in [1.29, 1.82) is 0 Å². The summed E-state index contributed by atoms with van der Waals surface area (Å²) in [5.74, 6) is 0.405. The molecule has 0 saturated heterocycles. The van der Waals surface area contributed by atoms with E-state index in [2.05, 4.69) is 13.2 Å². The number of hydrogen-bond acceptors (Lipinski definition) is 2. The van der Waals surface area contributed by atoms with E-state index in [9.17, 15) is 10.2 Å². The average Bonchev–Trinajstić information content (AvgIpc) is 2.44. The standard InChI is InChI=1S/C23H36O2/c1-11-12-18(21(25)17(4)22(5,6)7)13-14-20(24)19(15-16(2)3)23(8,9)10/h11-12,14-15,24-25H,2,4,13H2,1,3,5-10H3/b12-11+,19-15+,20-14-,21-18-. The first-order valence-electron chi connectivity index (χ1n) is 8.73. The van der Waals surface area contributed by atoms with E-state index < -0.39 is 0 Å². The minimum atomic E-state index is -0.223. The molecule has 0 rings (SSSR count). The van der Waals surface area contributed by atoms with Gasteiger partial charge >= 0.3 is 0 Å². The van der Waals surface area contributed by atoms with E-state index in [0.29, 0.717) is 12.0 Å². The fourth-order valence-electron chi connectivity index (χ4n) is 2.23. The molecular weight excluding hydrogens is 308 g/mol. The third-order valence-corrected chi connectivity index (χ3v) is 3.85. The van der Waals surface area contributed by atoms with Crippen molar-refractivity contribution in [2.75, 3.05) is 0 Å². The number of allylic oxidation sites excluding steroid dienone is 8. The maximum Gasteiger partial charge on any atom is 0.122 e. The lowest BCUT2D eigenvalue weighted by Gasteiger charge is -2.24. The molecule has 0 aliphatic carbocycles. The molecule has 2 nitrogen and oxygen atoms in total. The van der Waals surface area contributed by atoms with Crippen LogP contribution in [0.3, 0.4) is 0 Å². The van der Waals surface area contributed by atoms with Crippen molar-refractivity contribution in [3.63, 3.8) is 0 Å². The Morgan fingerprint density at radius 3 is 1.84 bits per heavy atom. The molecule has 0 aromatic heterocycles. The highest BCUT2D eigenvalue weighted by molar-refractivity contribution is 5.40. The quantitative estimate of drug-likeness (QED) is 0.390. The van der Waals surface area contributed by atoms with Crippen molar-refractivity contribution in [3.05, 3.63) is 71.3 Å². The highest BCUT2D eigenvalue weighted by Gasteiger charge is 2.22. The van der Waals surface area contributed by atoms with E-state index in [0.717, 1.165) is 16.7 Å². The summed E-state index contributed by atoms with van der Waals surface area (Å²) in [6.07, 6.45) is 7.79. The number of aliphatic hydroxyl groups is 2. The summed E-state index contributed by atoms with van der Waals surface area (Å²) in [6.45, 7) is 23.9. The largest absolute Gasteiger partial charge is 0.508 e. The first-order valence-corrected chi connectivity index (χ1v) is 8.73. The second-order valence-electron chi connectivity index (χ2n) is 8.55. The van der Waals surface area contributed by atoms with Gasteiger partial charge in [0.2, 0.25) is 0 Å². The lowest BCUT2D eigenvalue weighted by atomic mass is 9.83. The maximum atomic E-state index is 10.6. The molecule has 0 unspecified atom stereocenters. The summed E-state index contributed by atoms with van der Waals surface area (Å²) in [5.41, 5.74) is 2.70. The Kier molecular flexibility index (Phi) is 8.24. The van der Waals surface area contributed by atoms with Crippen molar-refractivity contribution in [2.24, 2.45) is 10.8 Å². The molecule has 25 heavy (non-hydrogen) atoms. The summed E-state index contributed by atoms with van der Waals surface area (Å²) in [7, 11) is 0. The molecular formula is C23H36O2. The summed E-state index contributed by atoms with van der Waals surface area (Å²) >= 11 is 0. The Bertz CT molecular complexity index is 624. The van der Waals surface area contributed by atoms with Crippen LogP contribution in [0, 0.1) is 10.8 Å². The van der Waals surface area contributed by atoms with Crippen molar-refractivity contribution in [1.82, 2.24) is 0 Å². The first-order chi connectivity index (χ1) is 11.2. The van der Waals surface area contributed by atoms with Gasteiger partial charge in [-0.25, -0.2) is 0 Å². The summed E-state index contributed by atoms with van der Waals surface area (Å²) in [5, 5.41) is 21.2. The van der Waals surface area contributed by atoms with Gasteiger partial charge in [0.15, 0.2) is 0 Å². The molecule has 0 radical (unpaired) electrons. The topological polar surface area (TPSA) is 40.5 Å². The molecule has 0 aromatic rings. The molecule has 0 spiro atoms. The van der Waals surface area contributed by atoms with Gasteiger partial charge in [0.05, 0.1) is 0 Å². The van der Waals surface area contributed by atoms with Crippen LogP contribution in [0.25, 0.3) is 0 Å². The van der Waals surface area contributed by atoms with Gasteiger partial charge in [-0.05, 0) is 53.9 Å². The van der Waals surface area contributed by atoms with Crippen LogP contribution in [0.1, 0.15) is 61.8 Å². The third kappa shape index (κ3) is 7.64. The smallest absolute Gasteiger partial charge is 0.122 e. The molecule has 2 heteroatoms. The number of aliphatic hydroxyl groups excluding tert-OH is 2. The summed E-state index contributed by atoms with van der Waals surface area (Å²) in [4.78, 5) is 0. The van der Waals surface area contributed by atoms with E-state index in [-0.39, 0.29) is 22.3 Å².